The van der Waals surface area contributed by atoms with E-state index < -0.39 is 0 Å². The van der Waals surface area contributed by atoms with Gasteiger partial charge in [-0.1, -0.05) is 11.6 Å². The average molecular weight is 269 g/mol. The molecule has 1 aromatic rings. The third-order valence-corrected chi connectivity index (χ3v) is 1.76. The van der Waals surface area contributed by atoms with Crippen LogP contribution in [0.3, 0.4) is 0 Å². The van der Waals surface area contributed by atoms with Crippen molar-refractivity contribution in [2.45, 2.75) is 0 Å². The van der Waals surface area contributed by atoms with Gasteiger partial charge in [0.05, 0.1) is 7.11 Å². The maximum absolute atomic E-state index is 5.63. The molecule has 2 nitrogen and oxygen atoms in total. The fourth-order valence-electron chi connectivity index (χ4n) is 0.548. The summed E-state index contributed by atoms with van der Waals surface area (Å²) in [4.78, 5) is 3.89. The summed E-state index contributed by atoms with van der Waals surface area (Å²) in [6.45, 7) is 0. The van der Waals surface area contributed by atoms with Crippen LogP contribution in [0.15, 0.2) is 12.1 Å². The largest absolute Gasteiger partial charge is 0.481 e. The predicted octanol–water partition coefficient (Wildman–Crippen LogP) is 2.35. The molecule has 0 aliphatic rings. The second-order valence-electron chi connectivity index (χ2n) is 1.65. The number of ether oxygens (including phenoxy) is 1. The average Bonchev–Trinajstić information content (AvgIpc) is 1.85. The SMILES string of the molecule is COc1cc(I)cc(Cl)n1. The van der Waals surface area contributed by atoms with Gasteiger partial charge >= 0.3 is 0 Å². The first-order valence-electron chi connectivity index (χ1n) is 2.59. The Morgan fingerprint density at radius 2 is 2.30 bits per heavy atom. The lowest BCUT2D eigenvalue weighted by atomic mass is 10.5. The minimum Gasteiger partial charge on any atom is -0.481 e. The third kappa shape index (κ3) is 1.98. The summed E-state index contributed by atoms with van der Waals surface area (Å²) in [5, 5.41) is 0.462. The molecule has 1 heterocycles. The quantitative estimate of drug-likeness (QED) is 0.577. The number of aromatic nitrogens is 1. The van der Waals surface area contributed by atoms with Crippen molar-refractivity contribution >= 4 is 34.2 Å². The van der Waals surface area contributed by atoms with Crippen molar-refractivity contribution in [1.82, 2.24) is 4.98 Å². The lowest BCUT2D eigenvalue weighted by molar-refractivity contribution is 0.397. The molecule has 0 aromatic carbocycles. The fraction of sp³-hybridized carbons (Fsp3) is 0.167. The molecule has 0 atom stereocenters. The van der Waals surface area contributed by atoms with E-state index in [-0.39, 0.29) is 0 Å². The van der Waals surface area contributed by atoms with Crippen LogP contribution >= 0.6 is 34.2 Å². The number of halogens is 2. The standard InChI is InChI=1S/C6H5ClINO/c1-10-6-3-4(8)2-5(7)9-6/h2-3H,1H3. The highest BCUT2D eigenvalue weighted by Crippen LogP contribution is 2.16. The maximum atomic E-state index is 5.63. The molecule has 0 bridgehead atoms. The summed E-state index contributed by atoms with van der Waals surface area (Å²) in [5.74, 6) is 0.553. The smallest absolute Gasteiger partial charge is 0.215 e. The Morgan fingerprint density at radius 1 is 1.60 bits per heavy atom. The van der Waals surface area contributed by atoms with Crippen molar-refractivity contribution in [3.63, 3.8) is 0 Å². The summed E-state index contributed by atoms with van der Waals surface area (Å²) in [7, 11) is 1.56. The van der Waals surface area contributed by atoms with E-state index in [1.54, 1.807) is 13.2 Å². The summed E-state index contributed by atoms with van der Waals surface area (Å²) in [5.41, 5.74) is 0. The van der Waals surface area contributed by atoms with E-state index in [4.69, 9.17) is 16.3 Å². The molecule has 0 saturated carbocycles. The molecule has 54 valence electrons. The van der Waals surface area contributed by atoms with E-state index in [0.29, 0.717) is 11.0 Å². The molecule has 1 rings (SSSR count). The van der Waals surface area contributed by atoms with E-state index in [1.807, 2.05) is 6.07 Å². The molecule has 0 aliphatic carbocycles. The molecule has 0 amide bonds. The van der Waals surface area contributed by atoms with Crippen LogP contribution in [-0.4, -0.2) is 12.1 Å². The first-order valence-corrected chi connectivity index (χ1v) is 4.05. The second kappa shape index (κ2) is 3.39. The van der Waals surface area contributed by atoms with Crippen LogP contribution in [0.25, 0.3) is 0 Å². The minimum atomic E-state index is 0.462. The van der Waals surface area contributed by atoms with Gasteiger partial charge in [-0.3, -0.25) is 0 Å². The van der Waals surface area contributed by atoms with Gasteiger partial charge in [-0.05, 0) is 28.7 Å². The van der Waals surface area contributed by atoms with Crippen LogP contribution in [0.1, 0.15) is 0 Å². The molecule has 0 radical (unpaired) electrons. The number of pyridine rings is 1. The second-order valence-corrected chi connectivity index (χ2v) is 3.28. The maximum Gasteiger partial charge on any atom is 0.215 e. The van der Waals surface area contributed by atoms with E-state index in [2.05, 4.69) is 27.6 Å². The summed E-state index contributed by atoms with van der Waals surface area (Å²) in [6.07, 6.45) is 0. The molecule has 0 aliphatic heterocycles. The summed E-state index contributed by atoms with van der Waals surface area (Å²) < 4.78 is 5.90. The predicted molar refractivity (Wildman–Crippen MR) is 48.5 cm³/mol. The van der Waals surface area contributed by atoms with Crippen LogP contribution in [0.5, 0.6) is 5.88 Å². The lowest BCUT2D eigenvalue weighted by Crippen LogP contribution is -1.87. The third-order valence-electron chi connectivity index (χ3n) is 0.944. The van der Waals surface area contributed by atoms with Gasteiger partial charge in [-0.15, -0.1) is 0 Å². The zero-order chi connectivity index (χ0) is 7.56. The molecular formula is C6H5ClINO. The van der Waals surface area contributed by atoms with Crippen molar-refractivity contribution in [2.24, 2.45) is 0 Å². The molecule has 10 heavy (non-hydrogen) atoms. The van der Waals surface area contributed by atoms with Gasteiger partial charge < -0.3 is 4.74 Å². The Kier molecular flexibility index (Phi) is 2.73. The number of rotatable bonds is 1. The van der Waals surface area contributed by atoms with Gasteiger partial charge in [0.15, 0.2) is 0 Å². The van der Waals surface area contributed by atoms with Crippen LogP contribution in [0.2, 0.25) is 5.15 Å². The summed E-state index contributed by atoms with van der Waals surface area (Å²) >= 11 is 7.78. The molecule has 0 N–H and O–H groups in total. The Morgan fingerprint density at radius 3 is 2.80 bits per heavy atom. The number of methoxy groups -OCH3 is 1. The molecule has 1 aromatic heterocycles. The number of hydrogen-bond donors (Lipinski definition) is 0. The first kappa shape index (κ1) is 8.07. The van der Waals surface area contributed by atoms with Gasteiger partial charge in [0.25, 0.3) is 0 Å². The van der Waals surface area contributed by atoms with Gasteiger partial charge in [0.1, 0.15) is 5.15 Å². The van der Waals surface area contributed by atoms with E-state index >= 15 is 0 Å². The van der Waals surface area contributed by atoms with Gasteiger partial charge in [-0.25, -0.2) is 4.98 Å². The fourth-order valence-corrected chi connectivity index (χ4v) is 1.49. The molecule has 0 spiro atoms. The highest BCUT2D eigenvalue weighted by Gasteiger charge is 1.96. The van der Waals surface area contributed by atoms with Crippen LogP contribution in [0, 0.1) is 3.57 Å². The van der Waals surface area contributed by atoms with Crippen molar-refractivity contribution in [2.75, 3.05) is 7.11 Å². The van der Waals surface area contributed by atoms with Crippen LogP contribution in [0.4, 0.5) is 0 Å². The van der Waals surface area contributed by atoms with Crippen molar-refractivity contribution in [3.8, 4) is 5.88 Å². The summed E-state index contributed by atoms with van der Waals surface area (Å²) in [6, 6.07) is 3.58. The normalized spacial score (nSPS) is 9.50. The van der Waals surface area contributed by atoms with Gasteiger partial charge in [-0.2, -0.15) is 0 Å². The topological polar surface area (TPSA) is 22.1 Å². The molecule has 0 saturated heterocycles. The van der Waals surface area contributed by atoms with Crippen molar-refractivity contribution in [3.05, 3.63) is 20.9 Å². The molecule has 0 fully saturated rings. The monoisotopic (exact) mass is 269 g/mol. The van der Waals surface area contributed by atoms with Crippen LogP contribution in [-0.2, 0) is 0 Å². The molecular weight excluding hydrogens is 264 g/mol. The van der Waals surface area contributed by atoms with Crippen molar-refractivity contribution in [1.29, 1.82) is 0 Å². The van der Waals surface area contributed by atoms with Gasteiger partial charge in [0.2, 0.25) is 5.88 Å². The lowest BCUT2D eigenvalue weighted by Gasteiger charge is -1.98. The number of nitrogens with zero attached hydrogens (tertiary/aromatic N) is 1. The zero-order valence-corrected chi connectivity index (χ0v) is 8.18. The van der Waals surface area contributed by atoms with E-state index in [0.717, 1.165) is 3.57 Å². The van der Waals surface area contributed by atoms with E-state index in [9.17, 15) is 0 Å². The minimum absolute atomic E-state index is 0.462. The Labute approximate surface area is 77.7 Å². The molecule has 4 heteroatoms. The van der Waals surface area contributed by atoms with Gasteiger partial charge in [0, 0.05) is 9.64 Å². The number of hydrogen-bond acceptors (Lipinski definition) is 2. The van der Waals surface area contributed by atoms with Crippen LogP contribution < -0.4 is 4.74 Å². The van der Waals surface area contributed by atoms with E-state index in [1.165, 1.54) is 0 Å². The molecule has 0 unspecified atom stereocenters. The Balaban J connectivity index is 3.06. The Hall–Kier alpha value is -0.0300. The Bertz CT molecular complexity index is 221. The first-order chi connectivity index (χ1) is 4.72. The highest BCUT2D eigenvalue weighted by atomic mass is 127. The van der Waals surface area contributed by atoms with Crippen molar-refractivity contribution < 1.29 is 4.74 Å². The highest BCUT2D eigenvalue weighted by molar-refractivity contribution is 14.1. The zero-order valence-electron chi connectivity index (χ0n) is 5.27.